The molecule has 0 N–H and O–H groups in total. The lowest BCUT2D eigenvalue weighted by atomic mass is 10.1. The van der Waals surface area contributed by atoms with Crippen molar-refractivity contribution in [2.45, 2.75) is 0 Å². The second kappa shape index (κ2) is 14.4. The van der Waals surface area contributed by atoms with E-state index in [1.165, 1.54) is 0 Å². The van der Waals surface area contributed by atoms with Crippen LogP contribution in [0.4, 0.5) is 34.1 Å². The summed E-state index contributed by atoms with van der Waals surface area (Å²) in [6.45, 7) is 0. The molecule has 10 nitrogen and oxygen atoms in total. The highest BCUT2D eigenvalue weighted by Gasteiger charge is 2.20. The number of imidazole rings is 4. The number of aryl methyl sites for hydroxylation is 4. The highest BCUT2D eigenvalue weighted by molar-refractivity contribution is 5.82. The molecule has 5 aromatic carbocycles. The minimum atomic E-state index is 1.04. The lowest BCUT2D eigenvalue weighted by Crippen LogP contribution is -2.28. The van der Waals surface area contributed by atoms with Crippen LogP contribution in [0, 0.1) is 0 Å². The van der Waals surface area contributed by atoms with Crippen molar-refractivity contribution >= 4 is 34.1 Å². The van der Waals surface area contributed by atoms with E-state index in [4.69, 9.17) is 0 Å². The van der Waals surface area contributed by atoms with E-state index in [-0.39, 0.29) is 0 Å². The van der Waals surface area contributed by atoms with Gasteiger partial charge in [-0.2, -0.15) is 0 Å². The van der Waals surface area contributed by atoms with E-state index in [2.05, 4.69) is 243 Å². The molecular weight excluding hydrogens is 693 g/mol. The molecule has 56 heavy (non-hydrogen) atoms. The molecular formula is C46H44N10+4. The SMILES string of the molecule is Cn1cc[n+](-c2cccc(N(c3ccc(N(c4cccc(-n5cc[n+](C)c5)c4)c4cccc(-n5cc[n+](C)c5)c4)cc3)c3cccc(-[n+]4ccn(C)c4)c3)c2)c1. The largest absolute Gasteiger partial charge is 0.310 e. The van der Waals surface area contributed by atoms with Crippen molar-refractivity contribution < 1.29 is 18.3 Å². The number of anilines is 6. The van der Waals surface area contributed by atoms with E-state index in [1.54, 1.807) is 0 Å². The van der Waals surface area contributed by atoms with E-state index < -0.39 is 0 Å². The predicted octanol–water partition coefficient (Wildman–Crippen LogP) is 7.09. The standard InChI is InChI=1S/C46H44N10/c1-47-21-25-51(33-47)39-9-5-13-43(29-39)55(44-14-6-10-40(30-44)52-26-22-48(2)34-52)37-17-19-38(20-18-37)56(45-15-7-11-41(31-45)53-27-23-49(3)35-53)46-16-8-12-42(32-46)54-28-24-50(4)36-54/h5-36H,1-4H3/q+4. The predicted molar refractivity (Wildman–Crippen MR) is 218 cm³/mol. The van der Waals surface area contributed by atoms with Crippen LogP contribution in [0.2, 0.25) is 0 Å². The molecule has 9 aromatic rings. The summed E-state index contributed by atoms with van der Waals surface area (Å²) in [4.78, 5) is 4.65. The first-order chi connectivity index (χ1) is 27.3. The van der Waals surface area contributed by atoms with Gasteiger partial charge in [0.25, 0.3) is 0 Å². The summed E-state index contributed by atoms with van der Waals surface area (Å²) in [6, 6.07) is 43.6. The van der Waals surface area contributed by atoms with E-state index in [9.17, 15) is 0 Å². The monoisotopic (exact) mass is 736 g/mol. The molecule has 274 valence electrons. The maximum atomic E-state index is 2.33. The lowest BCUT2D eigenvalue weighted by Gasteiger charge is -2.28. The summed E-state index contributed by atoms with van der Waals surface area (Å²) in [5.74, 6) is 0. The van der Waals surface area contributed by atoms with Crippen LogP contribution in [0.25, 0.3) is 22.7 Å². The highest BCUT2D eigenvalue weighted by Crippen LogP contribution is 2.40. The zero-order valence-corrected chi connectivity index (χ0v) is 31.9. The number of hydrogen-bond acceptors (Lipinski definition) is 2. The summed E-state index contributed by atoms with van der Waals surface area (Å²) in [6.07, 6.45) is 24.8. The fourth-order valence-electron chi connectivity index (χ4n) is 7.23. The van der Waals surface area contributed by atoms with Gasteiger partial charge in [-0.3, -0.25) is 0 Å². The number of rotatable bonds is 10. The lowest BCUT2D eigenvalue weighted by molar-refractivity contribution is -0.670. The molecule has 0 aliphatic heterocycles. The maximum absolute atomic E-state index is 2.33. The molecule has 0 aliphatic rings. The Kier molecular flexibility index (Phi) is 8.83. The third-order valence-electron chi connectivity index (χ3n) is 9.99. The van der Waals surface area contributed by atoms with Crippen LogP contribution in [-0.2, 0) is 28.2 Å². The van der Waals surface area contributed by atoms with E-state index in [0.29, 0.717) is 0 Å². The maximum Gasteiger partial charge on any atom is 0.248 e. The molecule has 0 saturated heterocycles. The molecule has 4 heterocycles. The number of nitrogens with zero attached hydrogens (tertiary/aromatic N) is 10. The van der Waals surface area contributed by atoms with Crippen molar-refractivity contribution in [3.63, 3.8) is 0 Å². The smallest absolute Gasteiger partial charge is 0.248 e. The number of hydrogen-bond donors (Lipinski definition) is 0. The molecule has 0 spiro atoms. The molecule has 0 bridgehead atoms. The quantitative estimate of drug-likeness (QED) is 0.141. The average Bonchev–Trinajstić information content (AvgIpc) is 4.06. The van der Waals surface area contributed by atoms with Crippen LogP contribution in [0.15, 0.2) is 196 Å². The van der Waals surface area contributed by atoms with Crippen molar-refractivity contribution in [2.24, 2.45) is 28.2 Å². The molecule has 0 radical (unpaired) electrons. The van der Waals surface area contributed by atoms with Crippen LogP contribution in [0.3, 0.4) is 0 Å². The van der Waals surface area contributed by atoms with Crippen molar-refractivity contribution in [3.05, 3.63) is 196 Å². The number of benzene rings is 5. The first-order valence-electron chi connectivity index (χ1n) is 18.6. The average molecular weight is 737 g/mol. The topological polar surface area (TPSA) is 41.7 Å². The van der Waals surface area contributed by atoms with Gasteiger partial charge in [0, 0.05) is 35.6 Å². The molecule has 9 rings (SSSR count). The second-order valence-electron chi connectivity index (χ2n) is 14.2. The Morgan fingerprint density at radius 2 is 0.786 bits per heavy atom. The van der Waals surface area contributed by atoms with Crippen molar-refractivity contribution in [2.75, 3.05) is 9.80 Å². The van der Waals surface area contributed by atoms with Gasteiger partial charge in [0.05, 0.1) is 50.9 Å². The Morgan fingerprint density at radius 1 is 0.393 bits per heavy atom. The van der Waals surface area contributed by atoms with E-state index >= 15 is 0 Å². The Hall–Kier alpha value is -7.46. The molecule has 0 aliphatic carbocycles. The molecule has 10 heteroatoms. The van der Waals surface area contributed by atoms with Crippen LogP contribution < -0.4 is 28.1 Å². The summed E-state index contributed by atoms with van der Waals surface area (Å²) >= 11 is 0. The fourth-order valence-corrected chi connectivity index (χ4v) is 7.23. The van der Waals surface area contributed by atoms with Crippen molar-refractivity contribution in [1.29, 1.82) is 0 Å². The molecule has 0 saturated carbocycles. The third kappa shape index (κ3) is 6.87. The normalized spacial score (nSPS) is 11.2. The van der Waals surface area contributed by atoms with E-state index in [0.717, 1.165) is 56.9 Å². The zero-order valence-electron chi connectivity index (χ0n) is 31.9. The minimum Gasteiger partial charge on any atom is -0.310 e. The van der Waals surface area contributed by atoms with Gasteiger partial charge < -0.3 is 9.80 Å². The number of aromatic nitrogens is 8. The van der Waals surface area contributed by atoms with Crippen LogP contribution in [-0.4, -0.2) is 18.3 Å². The zero-order chi connectivity index (χ0) is 38.2. The van der Waals surface area contributed by atoms with E-state index in [1.807, 2.05) is 28.2 Å². The fraction of sp³-hybridized carbons (Fsp3) is 0.0870. The van der Waals surface area contributed by atoms with Crippen molar-refractivity contribution in [3.8, 4) is 22.7 Å². The highest BCUT2D eigenvalue weighted by atomic mass is 15.2. The van der Waals surface area contributed by atoms with Gasteiger partial charge in [-0.15, -0.1) is 0 Å². The van der Waals surface area contributed by atoms with Gasteiger partial charge in [0.1, 0.15) is 72.3 Å². The molecule has 0 unspecified atom stereocenters. The molecule has 0 fully saturated rings. The Balaban J connectivity index is 1.16. The first-order valence-corrected chi connectivity index (χ1v) is 18.6. The van der Waals surface area contributed by atoms with Gasteiger partial charge in [-0.1, -0.05) is 24.3 Å². The molecule has 0 atom stereocenters. The summed E-state index contributed by atoms with van der Waals surface area (Å²) in [5, 5.41) is 0. The molecule has 0 amide bonds. The van der Waals surface area contributed by atoms with Gasteiger partial charge in [0.2, 0.25) is 25.3 Å². The summed E-state index contributed by atoms with van der Waals surface area (Å²) in [7, 11) is 8.16. The van der Waals surface area contributed by atoms with Crippen LogP contribution in [0.5, 0.6) is 0 Å². The first kappa shape index (κ1) is 34.3. The van der Waals surface area contributed by atoms with Gasteiger partial charge >= 0.3 is 0 Å². The Labute approximate surface area is 326 Å². The van der Waals surface area contributed by atoms with Gasteiger partial charge in [0.15, 0.2) is 0 Å². The minimum absolute atomic E-state index is 1.04. The van der Waals surface area contributed by atoms with Gasteiger partial charge in [-0.25, -0.2) is 36.5 Å². The second-order valence-corrected chi connectivity index (χ2v) is 14.2. The Bertz CT molecular complexity index is 2430. The third-order valence-corrected chi connectivity index (χ3v) is 9.99. The van der Waals surface area contributed by atoms with Crippen molar-refractivity contribution in [1.82, 2.24) is 18.3 Å². The van der Waals surface area contributed by atoms with Crippen LogP contribution >= 0.6 is 0 Å². The summed E-state index contributed by atoms with van der Waals surface area (Å²) in [5.41, 5.74) is 10.6. The molecule has 4 aromatic heterocycles. The Morgan fingerprint density at radius 3 is 1.14 bits per heavy atom. The summed E-state index contributed by atoms with van der Waals surface area (Å²) < 4.78 is 16.8. The van der Waals surface area contributed by atoms with Gasteiger partial charge in [-0.05, 0) is 72.8 Å². The van der Waals surface area contributed by atoms with Crippen LogP contribution in [0.1, 0.15) is 0 Å².